The Morgan fingerprint density at radius 3 is 2.62 bits per heavy atom. The van der Waals surface area contributed by atoms with Crippen LogP contribution >= 0.6 is 11.6 Å². The van der Waals surface area contributed by atoms with Crippen molar-refractivity contribution in [1.82, 2.24) is 15.4 Å². The number of carbonyl (C=O) groups is 1. The molecule has 0 fully saturated rings. The number of rotatable bonds is 6. The number of hydrogen-bond donors (Lipinski definition) is 2. The first-order chi connectivity index (χ1) is 14.0. The van der Waals surface area contributed by atoms with Crippen LogP contribution in [0.25, 0.3) is 11.3 Å². The minimum absolute atomic E-state index is 0.0337. The molecule has 1 heterocycles. The lowest BCUT2D eigenvalue weighted by molar-refractivity contribution is 0.0949. The lowest BCUT2D eigenvalue weighted by Gasteiger charge is -2.09. The molecular formula is C20H17ClN4O4. The van der Waals surface area contributed by atoms with Crippen molar-refractivity contribution in [3.8, 4) is 22.8 Å². The van der Waals surface area contributed by atoms with E-state index in [1.165, 1.54) is 26.5 Å². The van der Waals surface area contributed by atoms with E-state index in [0.29, 0.717) is 27.8 Å². The molecule has 9 heteroatoms. The van der Waals surface area contributed by atoms with Crippen molar-refractivity contribution < 1.29 is 14.3 Å². The van der Waals surface area contributed by atoms with Gasteiger partial charge in [-0.15, -0.1) is 0 Å². The van der Waals surface area contributed by atoms with Gasteiger partial charge in [0.25, 0.3) is 5.91 Å². The molecule has 0 bridgehead atoms. The van der Waals surface area contributed by atoms with Crippen molar-refractivity contribution in [2.45, 2.75) is 0 Å². The third-order valence-corrected chi connectivity index (χ3v) is 4.18. The van der Waals surface area contributed by atoms with Crippen LogP contribution in [-0.2, 0) is 0 Å². The summed E-state index contributed by atoms with van der Waals surface area (Å²) in [5, 5.41) is 4.24. The number of hydrogen-bond acceptors (Lipinski definition) is 6. The first kappa shape index (κ1) is 20.1. The van der Waals surface area contributed by atoms with Gasteiger partial charge in [0.05, 0.1) is 31.2 Å². The van der Waals surface area contributed by atoms with Crippen molar-refractivity contribution in [2.24, 2.45) is 5.10 Å². The summed E-state index contributed by atoms with van der Waals surface area (Å²) < 4.78 is 10.4. The average Bonchev–Trinajstić information content (AvgIpc) is 2.73. The Bertz CT molecular complexity index is 1110. The molecule has 0 aliphatic rings. The molecule has 0 aliphatic carbocycles. The van der Waals surface area contributed by atoms with Crippen molar-refractivity contribution in [3.05, 3.63) is 75.3 Å². The van der Waals surface area contributed by atoms with Gasteiger partial charge in [0.15, 0.2) is 11.5 Å². The highest BCUT2D eigenvalue weighted by molar-refractivity contribution is 6.32. The Morgan fingerprint density at radius 2 is 1.93 bits per heavy atom. The summed E-state index contributed by atoms with van der Waals surface area (Å²) in [4.78, 5) is 30.5. The van der Waals surface area contributed by atoms with Gasteiger partial charge in [0, 0.05) is 5.56 Å². The largest absolute Gasteiger partial charge is 0.493 e. The van der Waals surface area contributed by atoms with Gasteiger partial charge in [0.2, 0.25) is 0 Å². The van der Waals surface area contributed by atoms with E-state index in [4.69, 9.17) is 21.1 Å². The number of ether oxygens (including phenoxy) is 2. The number of halogens is 1. The quantitative estimate of drug-likeness (QED) is 0.478. The Morgan fingerprint density at radius 1 is 1.17 bits per heavy atom. The van der Waals surface area contributed by atoms with Gasteiger partial charge >= 0.3 is 5.69 Å². The number of aromatic nitrogens is 2. The first-order valence-corrected chi connectivity index (χ1v) is 8.81. The van der Waals surface area contributed by atoms with Gasteiger partial charge in [-0.1, -0.05) is 41.9 Å². The Balaban J connectivity index is 1.79. The molecule has 0 radical (unpaired) electrons. The summed E-state index contributed by atoms with van der Waals surface area (Å²) in [7, 11) is 2.97. The number of carbonyl (C=O) groups excluding carboxylic acids is 1. The van der Waals surface area contributed by atoms with Crippen LogP contribution < -0.4 is 20.6 Å². The maximum absolute atomic E-state index is 12.4. The lowest BCUT2D eigenvalue weighted by Crippen LogP contribution is -2.24. The Kier molecular flexibility index (Phi) is 6.25. The summed E-state index contributed by atoms with van der Waals surface area (Å²) in [6.45, 7) is 0. The average molecular weight is 413 g/mol. The molecule has 0 unspecified atom stereocenters. The van der Waals surface area contributed by atoms with Gasteiger partial charge in [-0.3, -0.25) is 4.79 Å². The fourth-order valence-electron chi connectivity index (χ4n) is 2.57. The Hall–Kier alpha value is -3.65. The minimum atomic E-state index is -0.632. The molecule has 3 rings (SSSR count). The number of methoxy groups -OCH3 is 2. The monoisotopic (exact) mass is 412 g/mol. The second-order valence-corrected chi connectivity index (χ2v) is 6.20. The molecule has 1 amide bonds. The molecule has 0 spiro atoms. The van der Waals surface area contributed by atoms with E-state index in [0.717, 1.165) is 5.56 Å². The number of nitrogens with zero attached hydrogens (tertiary/aromatic N) is 2. The van der Waals surface area contributed by atoms with Gasteiger partial charge in [-0.25, -0.2) is 10.2 Å². The maximum atomic E-state index is 12.4. The second-order valence-electron chi connectivity index (χ2n) is 5.79. The molecule has 2 aromatic carbocycles. The zero-order chi connectivity index (χ0) is 20.8. The van der Waals surface area contributed by atoms with Crippen molar-refractivity contribution in [3.63, 3.8) is 0 Å². The van der Waals surface area contributed by atoms with Crippen molar-refractivity contribution >= 4 is 23.7 Å². The summed E-state index contributed by atoms with van der Waals surface area (Å²) in [5.41, 5.74) is 3.45. The summed E-state index contributed by atoms with van der Waals surface area (Å²) >= 11 is 6.14. The van der Waals surface area contributed by atoms with E-state index in [9.17, 15) is 9.59 Å². The summed E-state index contributed by atoms with van der Waals surface area (Å²) in [6, 6.07) is 13.8. The lowest BCUT2D eigenvalue weighted by atomic mass is 10.1. The zero-order valence-electron chi connectivity index (χ0n) is 15.6. The van der Waals surface area contributed by atoms with Crippen LogP contribution in [0.4, 0.5) is 0 Å². The predicted molar refractivity (Wildman–Crippen MR) is 110 cm³/mol. The number of amides is 1. The number of H-pyrrole nitrogens is 1. The highest BCUT2D eigenvalue weighted by Crippen LogP contribution is 2.35. The van der Waals surface area contributed by atoms with E-state index in [1.54, 1.807) is 24.3 Å². The van der Waals surface area contributed by atoms with E-state index in [-0.39, 0.29) is 5.69 Å². The summed E-state index contributed by atoms with van der Waals surface area (Å²) in [6.07, 6.45) is 1.39. The van der Waals surface area contributed by atoms with Gasteiger partial charge in [-0.05, 0) is 23.8 Å². The minimum Gasteiger partial charge on any atom is -0.493 e. The van der Waals surface area contributed by atoms with Crippen LogP contribution in [0.15, 0.2) is 58.4 Å². The molecule has 0 aliphatic heterocycles. The number of aromatic amines is 1. The number of nitrogens with one attached hydrogen (secondary N) is 2. The zero-order valence-corrected chi connectivity index (χ0v) is 16.4. The molecule has 8 nitrogen and oxygen atoms in total. The fraction of sp³-hybridized carbons (Fsp3) is 0.100. The predicted octanol–water partition coefficient (Wildman–Crippen LogP) is 2.87. The van der Waals surface area contributed by atoms with E-state index in [1.807, 2.05) is 18.2 Å². The van der Waals surface area contributed by atoms with Crippen LogP contribution in [0.5, 0.6) is 11.5 Å². The standard InChI is InChI=1S/C20H17ClN4O4/c1-28-17-9-12(8-14(21)18(17)29-2)11-22-25-19(26)16-10-15(23-20(27)24-16)13-6-4-3-5-7-13/h3-11H,1-2H3,(H,25,26)(H,23,24,27)/b22-11+. The van der Waals surface area contributed by atoms with Gasteiger partial charge in [-0.2, -0.15) is 10.1 Å². The first-order valence-electron chi connectivity index (χ1n) is 8.43. The molecular weight excluding hydrogens is 396 g/mol. The van der Waals surface area contributed by atoms with E-state index in [2.05, 4.69) is 20.5 Å². The van der Waals surface area contributed by atoms with E-state index >= 15 is 0 Å². The van der Waals surface area contributed by atoms with Crippen LogP contribution in [0.2, 0.25) is 5.02 Å². The van der Waals surface area contributed by atoms with Crippen LogP contribution in [-0.4, -0.2) is 36.3 Å². The van der Waals surface area contributed by atoms with Crippen LogP contribution in [0.3, 0.4) is 0 Å². The highest BCUT2D eigenvalue weighted by atomic mass is 35.5. The molecule has 1 aromatic heterocycles. The van der Waals surface area contributed by atoms with E-state index < -0.39 is 11.6 Å². The molecule has 148 valence electrons. The Labute approximate surface area is 171 Å². The van der Waals surface area contributed by atoms with Crippen molar-refractivity contribution in [1.29, 1.82) is 0 Å². The van der Waals surface area contributed by atoms with Crippen LogP contribution in [0.1, 0.15) is 16.1 Å². The molecule has 0 saturated carbocycles. The molecule has 2 N–H and O–H groups in total. The topological polar surface area (TPSA) is 106 Å². The maximum Gasteiger partial charge on any atom is 0.346 e. The summed E-state index contributed by atoms with van der Waals surface area (Å²) in [5.74, 6) is 0.237. The smallest absolute Gasteiger partial charge is 0.346 e. The SMILES string of the molecule is COc1cc(/C=N/NC(=O)c2cc(-c3ccccc3)nc(=O)[nH]2)cc(Cl)c1OC. The normalized spacial score (nSPS) is 10.7. The third-order valence-electron chi connectivity index (χ3n) is 3.89. The van der Waals surface area contributed by atoms with Gasteiger partial charge < -0.3 is 14.5 Å². The third kappa shape index (κ3) is 4.80. The molecule has 0 atom stereocenters. The number of hydrazone groups is 1. The highest BCUT2D eigenvalue weighted by Gasteiger charge is 2.11. The van der Waals surface area contributed by atoms with Crippen molar-refractivity contribution in [2.75, 3.05) is 14.2 Å². The molecule has 29 heavy (non-hydrogen) atoms. The van der Waals surface area contributed by atoms with Crippen LogP contribution in [0, 0.1) is 0 Å². The number of benzene rings is 2. The molecule has 3 aromatic rings. The second kappa shape index (κ2) is 9.03. The fourth-order valence-corrected chi connectivity index (χ4v) is 2.87. The molecule has 0 saturated heterocycles. The van der Waals surface area contributed by atoms with Gasteiger partial charge in [0.1, 0.15) is 5.69 Å².